The van der Waals surface area contributed by atoms with Crippen molar-refractivity contribution >= 4 is 57.6 Å². The highest BCUT2D eigenvalue weighted by Gasteiger charge is 2.55. The van der Waals surface area contributed by atoms with Gasteiger partial charge in [-0.1, -0.05) is 66.2 Å². The lowest BCUT2D eigenvalue weighted by atomic mass is 9.83. The third kappa shape index (κ3) is 14.0. The van der Waals surface area contributed by atoms with Crippen LogP contribution in [0.5, 0.6) is 0 Å². The molecule has 0 fully saturated rings. The van der Waals surface area contributed by atoms with E-state index in [-0.39, 0.29) is 34.5 Å². The summed E-state index contributed by atoms with van der Waals surface area (Å²) in [7, 11) is 0. The topological polar surface area (TPSA) is 199 Å². The molecule has 438 valence electrons. The number of para-hydroxylation sites is 1. The van der Waals surface area contributed by atoms with E-state index in [0.717, 1.165) is 41.3 Å². The molecule has 6 atom stereocenters. The molecule has 82 heavy (non-hydrogen) atoms. The number of Topliss-reactive ketones (excluding diaryl/α,β-unsaturated/α-hetero) is 1. The molecule has 3 aliphatic rings. The first-order chi connectivity index (χ1) is 38.4. The van der Waals surface area contributed by atoms with Crippen molar-refractivity contribution in [3.05, 3.63) is 171 Å². The summed E-state index contributed by atoms with van der Waals surface area (Å²) in [6.07, 6.45) is -23.3. The van der Waals surface area contributed by atoms with E-state index in [1.54, 1.807) is 30.3 Å². The number of aromatic nitrogens is 1. The molecule has 5 aromatic carbocycles. The number of benzene rings is 5. The number of nitrogens with two attached hydrogens (primary N) is 4. The summed E-state index contributed by atoms with van der Waals surface area (Å²) in [5.74, 6) is -3.91. The SMILES string of the molecule is NC1=N[C@](CF)(c2cc(Cc3cccc4cc(Cl)cnc34)ccc2F)C[C@@H](C(F)(F)F)O1.NC1=N[C@](CF)(c2cc(N)ccc2F)C[C@@H](C(F)(F)F)O1.Nc1ccc(F)c([C@]2(CF)C[C@@H](C(F)(F)F)OC(CC(=O)c3ccccc3)=N2)c1. The smallest absolute Gasteiger partial charge is 0.425 e. The number of rotatable bonds is 11. The van der Waals surface area contributed by atoms with Gasteiger partial charge in [0.2, 0.25) is 0 Å². The molecule has 0 bridgehead atoms. The third-order valence-electron chi connectivity index (χ3n) is 13.2. The molecule has 0 saturated carbocycles. The van der Waals surface area contributed by atoms with Crippen molar-refractivity contribution in [1.29, 1.82) is 0 Å². The number of amidine groups is 2. The van der Waals surface area contributed by atoms with E-state index in [1.165, 1.54) is 42.6 Å². The fraction of sp³-hybridized carbons (Fsp3) is 0.315. The summed E-state index contributed by atoms with van der Waals surface area (Å²) in [6, 6.07) is 23.6. The molecule has 0 unspecified atom stereocenters. The Morgan fingerprint density at radius 2 is 1.01 bits per heavy atom. The first-order valence-corrected chi connectivity index (χ1v) is 24.5. The van der Waals surface area contributed by atoms with Gasteiger partial charge in [-0.3, -0.25) is 9.78 Å². The standard InChI is InChI=1S/C22H17ClF5N3O.C20H17F5N2O2.C12H12F5N3O/c23-15-8-14-3-1-2-13(19(14)30-10-15)6-12-4-5-17(25)16(7-12)21(11-24)9-18(22(26,27)28)32-20(29)31-21;21-11-19(14-8-13(26)6-7-15(14)22)10-17(20(23,24)25)29-18(27-19)9-16(28)12-4-2-1-3-5-12;13-5-11(7-3-6(18)1-2-8(7)14)4-9(12(15,16)17)21-10(19)20-11/h1-5,7-8,10,18H,6,9,11H2,(H2,29,31);1-8,17H,9-11,26H2;1-3,9H,4-5,18H2,(H2,19,20)/t18-,21+;17-,19+;9-,11+/m000/s1. The second kappa shape index (κ2) is 24.2. The lowest BCUT2D eigenvalue weighted by Gasteiger charge is -2.37. The number of anilines is 2. The number of fused-ring (bicyclic) bond motifs is 1. The van der Waals surface area contributed by atoms with Gasteiger partial charge in [-0.25, -0.2) is 41.3 Å². The molecule has 12 nitrogen and oxygen atoms in total. The maximum atomic E-state index is 14.7. The molecular weight excluding hydrogens is 1150 g/mol. The Morgan fingerprint density at radius 1 is 0.561 bits per heavy atom. The highest BCUT2D eigenvalue weighted by molar-refractivity contribution is 6.31. The Bertz CT molecular complexity index is 3390. The van der Waals surface area contributed by atoms with Gasteiger partial charge >= 0.3 is 18.5 Å². The second-order valence-corrected chi connectivity index (χ2v) is 19.5. The largest absolute Gasteiger partial charge is 0.468 e. The summed E-state index contributed by atoms with van der Waals surface area (Å²) in [6.45, 7) is -4.17. The van der Waals surface area contributed by atoms with Crippen LogP contribution in [-0.4, -0.2) is 85.6 Å². The number of carbonyl (C=O) groups is 1. The van der Waals surface area contributed by atoms with Crippen molar-refractivity contribution in [3.8, 4) is 0 Å². The van der Waals surface area contributed by atoms with E-state index in [9.17, 15) is 70.7 Å². The van der Waals surface area contributed by atoms with Gasteiger partial charge in [-0.2, -0.15) is 39.5 Å². The van der Waals surface area contributed by atoms with Gasteiger partial charge in [0.15, 0.2) is 30.0 Å². The Kier molecular flexibility index (Phi) is 18.2. The fourth-order valence-corrected chi connectivity index (χ4v) is 9.41. The van der Waals surface area contributed by atoms with Crippen LogP contribution in [0, 0.1) is 17.5 Å². The van der Waals surface area contributed by atoms with E-state index < -0.39 is 146 Å². The molecule has 8 N–H and O–H groups in total. The van der Waals surface area contributed by atoms with Crippen molar-refractivity contribution in [2.24, 2.45) is 26.4 Å². The average molecular weight is 1190 g/mol. The van der Waals surface area contributed by atoms with Crippen LogP contribution < -0.4 is 22.9 Å². The van der Waals surface area contributed by atoms with Crippen LogP contribution in [-0.2, 0) is 37.2 Å². The van der Waals surface area contributed by atoms with Crippen molar-refractivity contribution < 1.29 is 84.9 Å². The molecule has 0 aliphatic carbocycles. The Labute approximate surface area is 461 Å². The fourth-order valence-electron chi connectivity index (χ4n) is 9.25. The Balaban J connectivity index is 0.000000181. The maximum absolute atomic E-state index is 14.7. The van der Waals surface area contributed by atoms with Gasteiger partial charge in [0.25, 0.3) is 12.0 Å². The number of carbonyl (C=O) groups excluding carboxylic acids is 1. The van der Waals surface area contributed by atoms with Gasteiger partial charge in [0.1, 0.15) is 54.1 Å². The highest BCUT2D eigenvalue weighted by Crippen LogP contribution is 2.45. The number of hydrogen-bond acceptors (Lipinski definition) is 12. The summed E-state index contributed by atoms with van der Waals surface area (Å²) < 4.78 is 217. The number of aliphatic imine (C=N–C) groups is 3. The van der Waals surface area contributed by atoms with Crippen molar-refractivity contribution in [2.75, 3.05) is 31.5 Å². The molecule has 0 saturated heterocycles. The molecule has 0 amide bonds. The van der Waals surface area contributed by atoms with Crippen LogP contribution in [0.1, 0.15) is 63.9 Å². The van der Waals surface area contributed by atoms with Crippen molar-refractivity contribution in [1.82, 2.24) is 4.98 Å². The van der Waals surface area contributed by atoms with Crippen LogP contribution in [0.15, 0.2) is 130 Å². The van der Waals surface area contributed by atoms with E-state index >= 15 is 0 Å². The summed E-state index contributed by atoms with van der Waals surface area (Å²) >= 11 is 5.99. The minimum atomic E-state index is -4.87. The quantitative estimate of drug-likeness (QED) is 0.0554. The van der Waals surface area contributed by atoms with Crippen LogP contribution in [0.25, 0.3) is 10.9 Å². The van der Waals surface area contributed by atoms with Gasteiger partial charge in [0.05, 0.1) is 17.0 Å². The van der Waals surface area contributed by atoms with Crippen molar-refractivity contribution in [3.63, 3.8) is 0 Å². The molecule has 3 aliphatic heterocycles. The monoisotopic (exact) mass is 1190 g/mol. The lowest BCUT2D eigenvalue weighted by molar-refractivity contribution is -0.209. The van der Waals surface area contributed by atoms with Gasteiger partial charge in [0, 0.05) is 64.5 Å². The zero-order chi connectivity index (χ0) is 60.2. The number of nitrogens with zero attached hydrogens (tertiary/aromatic N) is 4. The number of ketones is 1. The first kappa shape index (κ1) is 61.6. The van der Waals surface area contributed by atoms with Crippen LogP contribution in [0.2, 0.25) is 5.02 Å². The van der Waals surface area contributed by atoms with E-state index in [4.69, 9.17) is 39.3 Å². The highest BCUT2D eigenvalue weighted by atomic mass is 35.5. The average Bonchev–Trinajstić information content (AvgIpc) is 3.61. The van der Waals surface area contributed by atoms with Crippen LogP contribution in [0.3, 0.4) is 0 Å². The number of pyridine rings is 1. The van der Waals surface area contributed by atoms with Gasteiger partial charge in [-0.15, -0.1) is 0 Å². The van der Waals surface area contributed by atoms with E-state index in [2.05, 4.69) is 29.4 Å². The first-order valence-electron chi connectivity index (χ1n) is 24.1. The molecule has 4 heterocycles. The zero-order valence-corrected chi connectivity index (χ0v) is 42.9. The van der Waals surface area contributed by atoms with Gasteiger partial charge < -0.3 is 37.1 Å². The number of hydrogen-bond donors (Lipinski definition) is 4. The van der Waals surface area contributed by atoms with Crippen molar-refractivity contribution in [2.45, 2.75) is 85.6 Å². The zero-order valence-electron chi connectivity index (χ0n) is 42.1. The Morgan fingerprint density at radius 3 is 1.49 bits per heavy atom. The number of nitrogen functional groups attached to an aromatic ring is 2. The summed E-state index contributed by atoms with van der Waals surface area (Å²) in [5.41, 5.74) is 16.5. The summed E-state index contributed by atoms with van der Waals surface area (Å²) in [4.78, 5) is 28.0. The second-order valence-electron chi connectivity index (χ2n) is 19.0. The van der Waals surface area contributed by atoms with Crippen LogP contribution >= 0.6 is 11.6 Å². The third-order valence-corrected chi connectivity index (χ3v) is 13.4. The molecule has 6 aromatic rings. The number of ether oxygens (including phenoxy) is 3. The molecule has 28 heteroatoms. The predicted molar refractivity (Wildman–Crippen MR) is 273 cm³/mol. The number of alkyl halides is 12. The predicted octanol–water partition coefficient (Wildman–Crippen LogP) is 12.3. The van der Waals surface area contributed by atoms with E-state index in [1.807, 2.05) is 12.1 Å². The molecule has 0 radical (unpaired) electrons. The lowest BCUT2D eigenvalue weighted by Crippen LogP contribution is -2.48. The number of halogens is 16. The molecule has 0 spiro atoms. The minimum absolute atomic E-state index is 0.0430. The Hall–Kier alpha value is -7.97. The molecule has 9 rings (SSSR count). The van der Waals surface area contributed by atoms with Gasteiger partial charge in [-0.05, 0) is 72.1 Å². The maximum Gasteiger partial charge on any atom is 0.425 e. The minimum Gasteiger partial charge on any atom is -0.468 e. The normalized spacial score (nSPS) is 22.8. The molecule has 1 aromatic heterocycles. The molecular formula is C54H46ClF15N8O4. The van der Waals surface area contributed by atoms with Crippen LogP contribution in [0.4, 0.5) is 77.2 Å². The summed E-state index contributed by atoms with van der Waals surface area (Å²) in [5, 5.41) is 1.27. The van der Waals surface area contributed by atoms with E-state index in [0.29, 0.717) is 16.1 Å².